The van der Waals surface area contributed by atoms with Gasteiger partial charge in [0.15, 0.2) is 5.78 Å². The Hall–Kier alpha value is -2.34. The summed E-state index contributed by atoms with van der Waals surface area (Å²) in [5.41, 5.74) is -3.62. The first-order valence-corrected chi connectivity index (χ1v) is 9.81. The highest BCUT2D eigenvalue weighted by Gasteiger charge is 2.95. The van der Waals surface area contributed by atoms with Crippen LogP contribution in [-0.4, -0.2) is 60.5 Å². The Bertz CT molecular complexity index is 1040. The molecule has 1 rings (SSSR count). The smallest absolute Gasteiger partial charge is 0.374 e. The number of rotatable bonds is 11. The van der Waals surface area contributed by atoms with Crippen LogP contribution in [0.3, 0.4) is 0 Å². The molecule has 1 atom stereocenters. The van der Waals surface area contributed by atoms with Gasteiger partial charge in [0.05, 0.1) is 12.0 Å². The SMILES string of the molecule is COC(C)(CC(F)(F)C(F)(F)C(F)(F)C(F)(F)C(F)(F)C(F)(F)C(F)(F)C(F)(F)F)c1ccc(C(C)=O)cc1. The molecule has 19 heteroatoms. The minimum atomic E-state index is -8.69. The van der Waals surface area contributed by atoms with Crippen LogP contribution in [0, 0.1) is 0 Å². The van der Waals surface area contributed by atoms with Crippen molar-refractivity contribution in [1.29, 1.82) is 0 Å². The Balaban J connectivity index is 3.65. The highest BCUT2D eigenvalue weighted by molar-refractivity contribution is 5.94. The fourth-order valence-corrected chi connectivity index (χ4v) is 3.08. The normalized spacial score (nSPS) is 16.7. The lowest BCUT2D eigenvalue weighted by Gasteiger charge is -2.44. The average molecular weight is 610 g/mol. The molecule has 0 aliphatic heterocycles. The lowest BCUT2D eigenvalue weighted by molar-refractivity contribution is -0.462. The van der Waals surface area contributed by atoms with Crippen molar-refractivity contribution in [1.82, 2.24) is 0 Å². The Morgan fingerprint density at radius 3 is 1.26 bits per heavy atom. The van der Waals surface area contributed by atoms with Crippen molar-refractivity contribution < 1.29 is 84.2 Å². The lowest BCUT2D eigenvalue weighted by atomic mass is 9.83. The second-order valence-corrected chi connectivity index (χ2v) is 8.39. The van der Waals surface area contributed by atoms with Crippen LogP contribution in [0.1, 0.15) is 36.2 Å². The van der Waals surface area contributed by atoms with Gasteiger partial charge in [0.1, 0.15) is 0 Å². The van der Waals surface area contributed by atoms with Crippen molar-refractivity contribution >= 4 is 5.78 Å². The third-order valence-corrected chi connectivity index (χ3v) is 5.70. The van der Waals surface area contributed by atoms with Crippen molar-refractivity contribution in [3.05, 3.63) is 35.4 Å². The fraction of sp³-hybridized carbons (Fsp3) is 0.650. The predicted molar refractivity (Wildman–Crippen MR) is 96.1 cm³/mol. The Morgan fingerprint density at radius 2 is 0.949 bits per heavy atom. The number of hydrogen-bond acceptors (Lipinski definition) is 2. The van der Waals surface area contributed by atoms with Crippen molar-refractivity contribution in [3.8, 4) is 0 Å². The highest BCUT2D eigenvalue weighted by atomic mass is 19.4. The van der Waals surface area contributed by atoms with E-state index in [0.717, 1.165) is 31.2 Å². The van der Waals surface area contributed by atoms with Crippen LogP contribution in [0.15, 0.2) is 24.3 Å². The summed E-state index contributed by atoms with van der Waals surface area (Å²) in [5, 5.41) is 0. The molecule has 1 unspecified atom stereocenters. The van der Waals surface area contributed by atoms with Gasteiger partial charge in [0, 0.05) is 12.7 Å². The Kier molecular flexibility index (Phi) is 8.57. The molecule has 0 spiro atoms. The summed E-state index contributed by atoms with van der Waals surface area (Å²) >= 11 is 0. The number of methoxy groups -OCH3 is 1. The molecule has 0 radical (unpaired) electrons. The molecule has 226 valence electrons. The molecule has 0 aromatic heterocycles. The maximum Gasteiger partial charge on any atom is 0.460 e. The monoisotopic (exact) mass is 610 g/mol. The van der Waals surface area contributed by atoms with Gasteiger partial charge >= 0.3 is 47.6 Å². The van der Waals surface area contributed by atoms with E-state index in [2.05, 4.69) is 4.74 Å². The minimum absolute atomic E-state index is 0.112. The lowest BCUT2D eigenvalue weighted by Crippen LogP contribution is -2.74. The Labute approximate surface area is 207 Å². The zero-order valence-electron chi connectivity index (χ0n) is 19.3. The van der Waals surface area contributed by atoms with Gasteiger partial charge in [-0.1, -0.05) is 24.3 Å². The number of halogens is 17. The van der Waals surface area contributed by atoms with Crippen LogP contribution in [0.2, 0.25) is 0 Å². The van der Waals surface area contributed by atoms with E-state index in [1.165, 1.54) is 0 Å². The van der Waals surface area contributed by atoms with Crippen LogP contribution >= 0.6 is 0 Å². The molecular weight excluding hydrogens is 595 g/mol. The van der Waals surface area contributed by atoms with Crippen molar-refractivity contribution in [2.24, 2.45) is 0 Å². The number of carbonyl (C=O) groups is 1. The third-order valence-electron chi connectivity index (χ3n) is 5.70. The van der Waals surface area contributed by atoms with Crippen LogP contribution < -0.4 is 0 Å². The topological polar surface area (TPSA) is 26.3 Å². The van der Waals surface area contributed by atoms with Crippen molar-refractivity contribution in [3.63, 3.8) is 0 Å². The van der Waals surface area contributed by atoms with E-state index in [-0.39, 0.29) is 5.56 Å². The van der Waals surface area contributed by atoms with Gasteiger partial charge in [-0.05, 0) is 19.4 Å². The van der Waals surface area contributed by atoms with E-state index in [0.29, 0.717) is 14.0 Å². The summed E-state index contributed by atoms with van der Waals surface area (Å²) in [6.45, 7) is 1.48. The second-order valence-electron chi connectivity index (χ2n) is 8.39. The zero-order chi connectivity index (χ0) is 31.5. The quantitative estimate of drug-likeness (QED) is 0.187. The van der Waals surface area contributed by atoms with E-state index >= 15 is 0 Å². The van der Waals surface area contributed by atoms with Crippen LogP contribution in [-0.2, 0) is 10.3 Å². The van der Waals surface area contributed by atoms with Crippen molar-refractivity contribution in [2.75, 3.05) is 7.11 Å². The molecule has 0 heterocycles. The summed E-state index contributed by atoms with van der Waals surface area (Å²) in [6.07, 6.45) is -10.6. The predicted octanol–water partition coefficient (Wildman–Crippen LogP) is 8.15. The molecule has 0 amide bonds. The molecule has 0 aliphatic rings. The molecule has 39 heavy (non-hydrogen) atoms. The maximum atomic E-state index is 14.5. The number of ketones is 1. The molecule has 0 saturated carbocycles. The standard InChI is InChI=1S/C20H15F17O2/c1-9(38)10-4-6-11(7-5-10)12(2,39-3)8-13(21,22)14(23,24)15(25,26)16(27,28)17(29,30)18(31,32)19(33,34)20(35,36)37/h4-7H,8H2,1-3H3. The van der Waals surface area contributed by atoms with E-state index in [9.17, 15) is 79.4 Å². The molecule has 0 bridgehead atoms. The summed E-state index contributed by atoms with van der Waals surface area (Å²) in [4.78, 5) is 11.3. The van der Waals surface area contributed by atoms with Crippen LogP contribution in [0.5, 0.6) is 0 Å². The number of Topliss-reactive ketones (excluding diaryl/α,β-unsaturated/α-hetero) is 1. The van der Waals surface area contributed by atoms with Gasteiger partial charge in [0.2, 0.25) is 0 Å². The summed E-state index contributed by atoms with van der Waals surface area (Å²) < 4.78 is 233. The molecule has 0 fully saturated rings. The van der Waals surface area contributed by atoms with E-state index in [1.807, 2.05) is 0 Å². The second kappa shape index (κ2) is 9.64. The minimum Gasteiger partial charge on any atom is -0.374 e. The number of hydrogen-bond donors (Lipinski definition) is 0. The molecule has 1 aromatic rings. The summed E-state index contributed by atoms with van der Waals surface area (Å²) in [6, 6.07) is 3.26. The molecule has 0 N–H and O–H groups in total. The van der Waals surface area contributed by atoms with Gasteiger partial charge in [-0.3, -0.25) is 4.79 Å². The largest absolute Gasteiger partial charge is 0.460 e. The van der Waals surface area contributed by atoms with Gasteiger partial charge in [0.25, 0.3) is 0 Å². The maximum absolute atomic E-state index is 14.5. The van der Waals surface area contributed by atoms with Crippen LogP contribution in [0.4, 0.5) is 74.6 Å². The Morgan fingerprint density at radius 1 is 0.615 bits per heavy atom. The zero-order valence-corrected chi connectivity index (χ0v) is 19.3. The van der Waals surface area contributed by atoms with Crippen molar-refractivity contribution in [2.45, 2.75) is 73.5 Å². The molecule has 1 aromatic carbocycles. The first-order chi connectivity index (χ1) is 16.9. The van der Waals surface area contributed by atoms with Gasteiger partial charge in [-0.25, -0.2) is 0 Å². The van der Waals surface area contributed by atoms with E-state index in [4.69, 9.17) is 0 Å². The number of carbonyl (C=O) groups excluding carboxylic acids is 1. The fourth-order valence-electron chi connectivity index (χ4n) is 3.08. The van der Waals surface area contributed by atoms with Gasteiger partial charge < -0.3 is 4.74 Å². The molecular formula is C20H15F17O2. The molecule has 0 aliphatic carbocycles. The summed E-state index contributed by atoms with van der Waals surface area (Å²) in [5.74, 6) is -57.5. The average Bonchev–Trinajstić information content (AvgIpc) is 2.77. The third kappa shape index (κ3) is 5.03. The van der Waals surface area contributed by atoms with Crippen LogP contribution in [0.25, 0.3) is 0 Å². The first-order valence-electron chi connectivity index (χ1n) is 9.81. The van der Waals surface area contributed by atoms with Gasteiger partial charge in [-0.2, -0.15) is 74.6 Å². The molecule has 0 saturated heterocycles. The summed E-state index contributed by atoms with van der Waals surface area (Å²) in [7, 11) is 0.494. The van der Waals surface area contributed by atoms with Gasteiger partial charge in [-0.15, -0.1) is 0 Å². The molecule has 2 nitrogen and oxygen atoms in total. The number of benzene rings is 1. The van der Waals surface area contributed by atoms with E-state index in [1.54, 1.807) is 0 Å². The van der Waals surface area contributed by atoms with E-state index < -0.39 is 71.0 Å². The number of alkyl halides is 17. The number of ether oxygens (including phenoxy) is 1. The highest BCUT2D eigenvalue weighted by Crippen LogP contribution is 2.64. The first kappa shape index (κ1) is 34.7.